The van der Waals surface area contributed by atoms with E-state index in [0.29, 0.717) is 17.2 Å². The molecule has 0 spiro atoms. The van der Waals surface area contributed by atoms with E-state index in [4.69, 9.17) is 18.9 Å². The highest BCUT2D eigenvalue weighted by atomic mass is 35.5. The van der Waals surface area contributed by atoms with Crippen LogP contribution in [0, 0.1) is 0 Å². The van der Waals surface area contributed by atoms with E-state index < -0.39 is 0 Å². The molecule has 0 fully saturated rings. The Morgan fingerprint density at radius 1 is 0.861 bits per heavy atom. The van der Waals surface area contributed by atoms with Crippen LogP contribution < -0.4 is 24.3 Å². The molecule has 6 nitrogen and oxygen atoms in total. The lowest BCUT2D eigenvalue weighted by Gasteiger charge is -2.22. The average Bonchev–Trinajstić information content (AvgIpc) is 2.85. The number of likely N-dealkylation sites (N-methyl/N-ethyl adjacent to an activating group) is 1. The third-order valence-corrected chi connectivity index (χ3v) is 5.96. The monoisotopic (exact) mass is 544 g/mol. The molecule has 0 saturated heterocycles. The van der Waals surface area contributed by atoms with Gasteiger partial charge in [0.15, 0.2) is 11.5 Å². The number of benzene rings is 2. The van der Waals surface area contributed by atoms with E-state index in [0.717, 1.165) is 50.4 Å². The van der Waals surface area contributed by atoms with Crippen LogP contribution >= 0.6 is 24.8 Å². The zero-order valence-corrected chi connectivity index (χ0v) is 24.4. The lowest BCUT2D eigenvalue weighted by molar-refractivity contribution is 0.305. The number of nitrogens with one attached hydrogen (secondary N) is 1. The number of nitrogens with zero attached hydrogens (tertiary/aromatic N) is 1. The van der Waals surface area contributed by atoms with Crippen molar-refractivity contribution in [2.24, 2.45) is 0 Å². The second-order valence-electron chi connectivity index (χ2n) is 8.92. The fourth-order valence-corrected chi connectivity index (χ4v) is 3.95. The maximum absolute atomic E-state index is 5.92. The maximum atomic E-state index is 5.92. The molecule has 0 bridgehead atoms. The van der Waals surface area contributed by atoms with Crippen molar-refractivity contribution in [1.29, 1.82) is 0 Å². The van der Waals surface area contributed by atoms with Gasteiger partial charge in [-0.15, -0.1) is 24.8 Å². The minimum atomic E-state index is 0. The van der Waals surface area contributed by atoms with Gasteiger partial charge in [0, 0.05) is 25.6 Å². The highest BCUT2D eigenvalue weighted by Gasteiger charge is 2.19. The molecule has 0 aliphatic rings. The smallest absolute Gasteiger partial charge is 0.203 e. The van der Waals surface area contributed by atoms with E-state index in [1.54, 1.807) is 21.3 Å². The molecule has 0 aromatic heterocycles. The van der Waals surface area contributed by atoms with E-state index >= 15 is 0 Å². The van der Waals surface area contributed by atoms with Crippen LogP contribution in [0.25, 0.3) is 0 Å². The summed E-state index contributed by atoms with van der Waals surface area (Å²) >= 11 is 0. The SMILES string of the molecule is CCCCCCOc1ccc(CC(CNCCN(C)C)c2cc(OC)c(OC)c(OC)c2)cc1.Cl.Cl. The Hall–Kier alpha value is -1.86. The molecule has 1 unspecified atom stereocenters. The highest BCUT2D eigenvalue weighted by molar-refractivity contribution is 5.85. The van der Waals surface area contributed by atoms with Crippen LogP contribution in [0.2, 0.25) is 0 Å². The van der Waals surface area contributed by atoms with Crippen molar-refractivity contribution in [3.8, 4) is 23.0 Å². The van der Waals surface area contributed by atoms with Crippen molar-refractivity contribution < 1.29 is 18.9 Å². The van der Waals surface area contributed by atoms with E-state index in [9.17, 15) is 0 Å². The van der Waals surface area contributed by atoms with Crippen molar-refractivity contribution in [3.63, 3.8) is 0 Å². The van der Waals surface area contributed by atoms with Crippen LogP contribution in [0.5, 0.6) is 23.0 Å². The van der Waals surface area contributed by atoms with Crippen molar-refractivity contribution in [2.75, 3.05) is 61.7 Å². The predicted molar refractivity (Wildman–Crippen MR) is 155 cm³/mol. The summed E-state index contributed by atoms with van der Waals surface area (Å²) in [4.78, 5) is 2.18. The molecule has 2 rings (SSSR count). The third kappa shape index (κ3) is 11.5. The fourth-order valence-electron chi connectivity index (χ4n) is 3.95. The minimum absolute atomic E-state index is 0. The lowest BCUT2D eigenvalue weighted by Crippen LogP contribution is -2.30. The van der Waals surface area contributed by atoms with Crippen molar-refractivity contribution in [2.45, 2.75) is 44.9 Å². The molecule has 1 atom stereocenters. The molecule has 206 valence electrons. The summed E-state index contributed by atoms with van der Waals surface area (Å²) in [6, 6.07) is 12.6. The molecule has 0 heterocycles. The standard InChI is InChI=1S/C28H44N2O4.2ClH/c1-7-8-9-10-17-34-25-13-11-22(12-14-25)18-24(21-29-15-16-30(2)3)23-19-26(31-4)28(33-6)27(20-23)32-5;;/h11-14,19-20,24,29H,7-10,15-18,21H2,1-6H3;2*1H. The minimum Gasteiger partial charge on any atom is -0.494 e. The summed E-state index contributed by atoms with van der Waals surface area (Å²) in [6.45, 7) is 5.78. The Kier molecular flexibility index (Phi) is 18.3. The molecule has 0 radical (unpaired) electrons. The van der Waals surface area contributed by atoms with Gasteiger partial charge in [-0.1, -0.05) is 38.3 Å². The zero-order valence-electron chi connectivity index (χ0n) is 22.8. The van der Waals surface area contributed by atoms with Crippen LogP contribution in [0.15, 0.2) is 36.4 Å². The van der Waals surface area contributed by atoms with Crippen LogP contribution in [-0.2, 0) is 6.42 Å². The molecular weight excluding hydrogens is 499 g/mol. The Morgan fingerprint density at radius 2 is 1.50 bits per heavy atom. The number of rotatable bonds is 17. The second-order valence-corrected chi connectivity index (χ2v) is 8.92. The van der Waals surface area contributed by atoms with E-state index in [-0.39, 0.29) is 30.7 Å². The second kappa shape index (κ2) is 19.3. The first-order valence-corrected chi connectivity index (χ1v) is 12.4. The average molecular weight is 546 g/mol. The number of hydrogen-bond donors (Lipinski definition) is 1. The van der Waals surface area contributed by atoms with Crippen molar-refractivity contribution in [1.82, 2.24) is 10.2 Å². The largest absolute Gasteiger partial charge is 0.494 e. The molecule has 0 saturated carbocycles. The van der Waals surface area contributed by atoms with Gasteiger partial charge in [0.2, 0.25) is 5.75 Å². The molecule has 2 aromatic rings. The number of hydrogen-bond acceptors (Lipinski definition) is 6. The van der Waals surface area contributed by atoms with Gasteiger partial charge in [0.1, 0.15) is 5.75 Å². The van der Waals surface area contributed by atoms with Gasteiger partial charge in [-0.2, -0.15) is 0 Å². The number of methoxy groups -OCH3 is 3. The maximum Gasteiger partial charge on any atom is 0.203 e. The molecular formula is C28H46Cl2N2O4. The Balaban J connectivity index is 0.00000612. The van der Waals surface area contributed by atoms with Gasteiger partial charge < -0.3 is 29.2 Å². The Morgan fingerprint density at radius 3 is 2.03 bits per heavy atom. The van der Waals surface area contributed by atoms with E-state index in [1.807, 2.05) is 0 Å². The topological polar surface area (TPSA) is 52.2 Å². The summed E-state index contributed by atoms with van der Waals surface area (Å²) < 4.78 is 22.7. The van der Waals surface area contributed by atoms with Gasteiger partial charge >= 0.3 is 0 Å². The summed E-state index contributed by atoms with van der Waals surface area (Å²) in [5.41, 5.74) is 2.43. The molecule has 1 N–H and O–H groups in total. The molecule has 0 aliphatic carbocycles. The summed E-state index contributed by atoms with van der Waals surface area (Å²) in [7, 11) is 9.13. The van der Waals surface area contributed by atoms with E-state index in [1.165, 1.54) is 24.8 Å². The molecule has 36 heavy (non-hydrogen) atoms. The van der Waals surface area contributed by atoms with Gasteiger partial charge in [-0.05, 0) is 62.3 Å². The quantitative estimate of drug-likeness (QED) is 0.247. The Labute approximate surface area is 230 Å². The number of unbranched alkanes of at least 4 members (excludes halogenated alkanes) is 3. The first-order valence-electron chi connectivity index (χ1n) is 12.4. The molecule has 0 aliphatic heterocycles. The number of halogens is 2. The highest BCUT2D eigenvalue weighted by Crippen LogP contribution is 2.40. The molecule has 8 heteroatoms. The van der Waals surface area contributed by atoms with Crippen LogP contribution in [0.4, 0.5) is 0 Å². The zero-order chi connectivity index (χ0) is 24.8. The van der Waals surface area contributed by atoms with Crippen LogP contribution in [0.3, 0.4) is 0 Å². The van der Waals surface area contributed by atoms with Gasteiger partial charge in [0.05, 0.1) is 27.9 Å². The predicted octanol–water partition coefficient (Wildman–Crippen LogP) is 5.99. The fraction of sp³-hybridized carbons (Fsp3) is 0.571. The van der Waals surface area contributed by atoms with Crippen LogP contribution in [-0.4, -0.2) is 66.6 Å². The van der Waals surface area contributed by atoms with Gasteiger partial charge in [-0.25, -0.2) is 0 Å². The van der Waals surface area contributed by atoms with Crippen molar-refractivity contribution >= 4 is 24.8 Å². The molecule has 2 aromatic carbocycles. The number of ether oxygens (including phenoxy) is 4. The molecule has 0 amide bonds. The first-order chi connectivity index (χ1) is 16.5. The van der Waals surface area contributed by atoms with Gasteiger partial charge in [0.25, 0.3) is 0 Å². The Bertz CT molecular complexity index is 810. The summed E-state index contributed by atoms with van der Waals surface area (Å²) in [6.07, 6.45) is 5.74. The van der Waals surface area contributed by atoms with Crippen molar-refractivity contribution in [3.05, 3.63) is 47.5 Å². The summed E-state index contributed by atoms with van der Waals surface area (Å²) in [5.74, 6) is 3.17. The van der Waals surface area contributed by atoms with Gasteiger partial charge in [-0.3, -0.25) is 0 Å². The lowest BCUT2D eigenvalue weighted by atomic mass is 9.91. The first kappa shape index (κ1) is 34.1. The third-order valence-electron chi connectivity index (χ3n) is 5.96. The normalized spacial score (nSPS) is 11.3. The summed E-state index contributed by atoms with van der Waals surface area (Å²) in [5, 5.41) is 3.62. The van der Waals surface area contributed by atoms with E-state index in [2.05, 4.69) is 67.6 Å². The van der Waals surface area contributed by atoms with Crippen LogP contribution in [0.1, 0.15) is 49.7 Å².